The summed E-state index contributed by atoms with van der Waals surface area (Å²) in [7, 11) is -0.309. The fourth-order valence-electron chi connectivity index (χ4n) is 4.12. The summed E-state index contributed by atoms with van der Waals surface area (Å²) in [5.74, 6) is 0. The average Bonchev–Trinajstić information content (AvgIpc) is 2.96. The molecule has 2 nitrogen and oxygen atoms in total. The van der Waals surface area contributed by atoms with E-state index in [4.69, 9.17) is 9.31 Å². The molecule has 1 aliphatic carbocycles. The summed E-state index contributed by atoms with van der Waals surface area (Å²) in [5.41, 5.74) is 6.08. The first kappa shape index (κ1) is 16.9. The fourth-order valence-corrected chi connectivity index (χ4v) is 4.12. The summed E-state index contributed by atoms with van der Waals surface area (Å²) in [6.45, 7) is 13.0. The first-order valence-corrected chi connectivity index (χ1v) is 9.29. The van der Waals surface area contributed by atoms with Crippen LogP contribution in [0.3, 0.4) is 0 Å². The van der Waals surface area contributed by atoms with Crippen molar-refractivity contribution >= 4 is 12.6 Å². The predicted molar refractivity (Wildman–Crippen MR) is 104 cm³/mol. The van der Waals surface area contributed by atoms with Crippen molar-refractivity contribution in [3.63, 3.8) is 0 Å². The molecule has 1 fully saturated rings. The van der Waals surface area contributed by atoms with Crippen LogP contribution in [0, 0.1) is 0 Å². The predicted octanol–water partition coefficient (Wildman–Crippen LogP) is 4.68. The van der Waals surface area contributed by atoms with E-state index >= 15 is 0 Å². The number of benzene rings is 2. The van der Waals surface area contributed by atoms with Crippen molar-refractivity contribution in [1.29, 1.82) is 0 Å². The first-order chi connectivity index (χ1) is 11.7. The second kappa shape index (κ2) is 5.22. The molecule has 0 aromatic heterocycles. The van der Waals surface area contributed by atoms with Gasteiger partial charge in [0.25, 0.3) is 0 Å². The molecule has 0 saturated carbocycles. The molecule has 4 rings (SSSR count). The molecule has 25 heavy (non-hydrogen) atoms. The number of rotatable bonds is 2. The lowest BCUT2D eigenvalue weighted by atomic mass is 9.74. The third kappa shape index (κ3) is 2.25. The molecule has 1 aliphatic heterocycles. The van der Waals surface area contributed by atoms with Crippen molar-refractivity contribution in [3.8, 4) is 11.1 Å². The Hall–Kier alpha value is -1.58. The van der Waals surface area contributed by atoms with Crippen molar-refractivity contribution in [3.05, 3.63) is 53.6 Å². The second-order valence-electron chi connectivity index (χ2n) is 8.62. The molecule has 1 atom stereocenters. The molecule has 130 valence electrons. The zero-order valence-electron chi connectivity index (χ0n) is 16.1. The van der Waals surface area contributed by atoms with Gasteiger partial charge in [-0.1, -0.05) is 56.3 Å². The van der Waals surface area contributed by atoms with Gasteiger partial charge in [-0.3, -0.25) is 0 Å². The normalized spacial score (nSPS) is 25.8. The summed E-state index contributed by atoms with van der Waals surface area (Å²) >= 11 is 0. The lowest BCUT2D eigenvalue weighted by Crippen LogP contribution is -2.41. The van der Waals surface area contributed by atoms with Crippen molar-refractivity contribution in [1.82, 2.24) is 0 Å². The van der Waals surface area contributed by atoms with Crippen molar-refractivity contribution in [2.24, 2.45) is 0 Å². The van der Waals surface area contributed by atoms with Gasteiger partial charge in [-0.2, -0.15) is 0 Å². The number of hydrogen-bond acceptors (Lipinski definition) is 2. The van der Waals surface area contributed by atoms with Gasteiger partial charge in [-0.25, -0.2) is 0 Å². The molecule has 0 amide bonds. The third-order valence-electron chi connectivity index (χ3n) is 6.68. The Morgan fingerprint density at radius 2 is 1.40 bits per heavy atom. The first-order valence-electron chi connectivity index (χ1n) is 9.29. The minimum Gasteiger partial charge on any atom is -0.399 e. The molecule has 0 N–H and O–H groups in total. The van der Waals surface area contributed by atoms with E-state index in [1.807, 2.05) is 0 Å². The summed E-state index contributed by atoms with van der Waals surface area (Å²) in [6, 6.07) is 15.5. The molecule has 2 aromatic carbocycles. The van der Waals surface area contributed by atoms with E-state index in [2.05, 4.69) is 84.0 Å². The zero-order chi connectivity index (χ0) is 18.0. The fraction of sp³-hybridized carbons (Fsp3) is 0.455. The average molecular weight is 334 g/mol. The second-order valence-corrected chi connectivity index (χ2v) is 8.62. The summed E-state index contributed by atoms with van der Waals surface area (Å²) in [4.78, 5) is 0. The van der Waals surface area contributed by atoms with E-state index in [0.717, 1.165) is 11.9 Å². The third-order valence-corrected chi connectivity index (χ3v) is 6.68. The maximum absolute atomic E-state index is 6.25. The SMILES string of the molecule is CCC1(C)c2ccccc2-c2cc(B3OC(C)(C)C(C)(C)O3)ccc21. The molecule has 0 bridgehead atoms. The smallest absolute Gasteiger partial charge is 0.399 e. The minimum atomic E-state index is -0.313. The number of hydrogen-bond donors (Lipinski definition) is 0. The Morgan fingerprint density at radius 3 is 2.04 bits per heavy atom. The highest BCUT2D eigenvalue weighted by atomic mass is 16.7. The Bertz CT molecular complexity index is 824. The standard InChI is InChI=1S/C22H27BO2/c1-7-22(6)18-11-9-8-10-16(18)17-14-15(12-13-19(17)22)23-24-20(2,3)21(4,5)25-23/h8-14H,7H2,1-6H3. The summed E-state index contributed by atoms with van der Waals surface area (Å²) in [6.07, 6.45) is 1.09. The van der Waals surface area contributed by atoms with Crippen LogP contribution in [0.15, 0.2) is 42.5 Å². The molecule has 2 aromatic rings. The van der Waals surface area contributed by atoms with Gasteiger partial charge in [-0.15, -0.1) is 0 Å². The van der Waals surface area contributed by atoms with Crippen LogP contribution in [-0.2, 0) is 14.7 Å². The van der Waals surface area contributed by atoms with Gasteiger partial charge < -0.3 is 9.31 Å². The van der Waals surface area contributed by atoms with Gasteiger partial charge in [-0.05, 0) is 61.8 Å². The maximum Gasteiger partial charge on any atom is 0.494 e. The van der Waals surface area contributed by atoms with Crippen molar-refractivity contribution in [2.45, 2.75) is 64.6 Å². The highest BCUT2D eigenvalue weighted by Gasteiger charge is 2.52. The van der Waals surface area contributed by atoms with Crippen LogP contribution < -0.4 is 5.46 Å². The Morgan fingerprint density at radius 1 is 0.800 bits per heavy atom. The van der Waals surface area contributed by atoms with Gasteiger partial charge in [0.15, 0.2) is 0 Å². The van der Waals surface area contributed by atoms with Crippen LogP contribution in [0.2, 0.25) is 0 Å². The molecule has 1 heterocycles. The quantitative estimate of drug-likeness (QED) is 0.742. The minimum absolute atomic E-state index is 0.0837. The largest absolute Gasteiger partial charge is 0.494 e. The van der Waals surface area contributed by atoms with E-state index in [9.17, 15) is 0 Å². The van der Waals surface area contributed by atoms with E-state index in [1.165, 1.54) is 22.3 Å². The van der Waals surface area contributed by atoms with E-state index in [0.29, 0.717) is 0 Å². The molecule has 0 spiro atoms. The van der Waals surface area contributed by atoms with Crippen LogP contribution in [-0.4, -0.2) is 18.3 Å². The van der Waals surface area contributed by atoms with Crippen LogP contribution in [0.4, 0.5) is 0 Å². The molecular weight excluding hydrogens is 307 g/mol. The zero-order valence-corrected chi connectivity index (χ0v) is 16.1. The van der Waals surface area contributed by atoms with Crippen LogP contribution in [0.5, 0.6) is 0 Å². The van der Waals surface area contributed by atoms with Gasteiger partial charge in [0, 0.05) is 5.41 Å². The topological polar surface area (TPSA) is 18.5 Å². The molecule has 3 heteroatoms. The van der Waals surface area contributed by atoms with E-state index < -0.39 is 0 Å². The lowest BCUT2D eigenvalue weighted by molar-refractivity contribution is 0.00578. The maximum atomic E-state index is 6.25. The Labute approximate surface area is 151 Å². The lowest BCUT2D eigenvalue weighted by Gasteiger charge is -2.32. The van der Waals surface area contributed by atoms with Crippen LogP contribution >= 0.6 is 0 Å². The summed E-state index contributed by atoms with van der Waals surface area (Å²) in [5, 5.41) is 0. The highest BCUT2D eigenvalue weighted by Crippen LogP contribution is 2.50. The highest BCUT2D eigenvalue weighted by molar-refractivity contribution is 6.62. The van der Waals surface area contributed by atoms with Gasteiger partial charge in [0.2, 0.25) is 0 Å². The van der Waals surface area contributed by atoms with Crippen LogP contribution in [0.1, 0.15) is 59.1 Å². The van der Waals surface area contributed by atoms with Gasteiger partial charge >= 0.3 is 7.12 Å². The summed E-state index contributed by atoms with van der Waals surface area (Å²) < 4.78 is 12.5. The van der Waals surface area contributed by atoms with Gasteiger partial charge in [0.05, 0.1) is 11.2 Å². The van der Waals surface area contributed by atoms with Crippen molar-refractivity contribution < 1.29 is 9.31 Å². The van der Waals surface area contributed by atoms with E-state index in [-0.39, 0.29) is 23.7 Å². The monoisotopic (exact) mass is 334 g/mol. The molecular formula is C22H27BO2. The van der Waals surface area contributed by atoms with Crippen molar-refractivity contribution in [2.75, 3.05) is 0 Å². The molecule has 1 saturated heterocycles. The number of fused-ring (bicyclic) bond motifs is 3. The molecule has 2 aliphatic rings. The molecule has 1 unspecified atom stereocenters. The van der Waals surface area contributed by atoms with Gasteiger partial charge in [0.1, 0.15) is 0 Å². The Kier molecular flexibility index (Phi) is 3.52. The Balaban J connectivity index is 1.81. The molecule has 0 radical (unpaired) electrons. The van der Waals surface area contributed by atoms with Crippen LogP contribution in [0.25, 0.3) is 11.1 Å². The van der Waals surface area contributed by atoms with E-state index in [1.54, 1.807) is 0 Å².